The first kappa shape index (κ1) is 15.4. The number of halogens is 5. The molecule has 0 saturated carbocycles. The van der Waals surface area contributed by atoms with E-state index in [-0.39, 0.29) is 5.75 Å². The molecule has 0 aliphatic rings. The van der Waals surface area contributed by atoms with E-state index < -0.39 is 11.7 Å². The minimum atomic E-state index is -4.46. The van der Waals surface area contributed by atoms with Crippen LogP contribution >= 0.6 is 31.9 Å². The quantitative estimate of drug-likeness (QED) is 0.552. The van der Waals surface area contributed by atoms with Gasteiger partial charge in [-0.15, -0.1) is 0 Å². The monoisotopic (exact) mass is 408 g/mol. The van der Waals surface area contributed by atoms with Gasteiger partial charge in [-0.25, -0.2) is 0 Å². The summed E-state index contributed by atoms with van der Waals surface area (Å²) < 4.78 is 45.2. The molecule has 0 bridgehead atoms. The lowest BCUT2D eigenvalue weighted by Gasteiger charge is -2.15. The standard InChI is InChI=1S/C14H9Br2F3O/c15-8-9-5-6-12(10(7-9)14(17,18)19)20-13-4-2-1-3-11(13)16/h1-7H,8H2. The number of benzene rings is 2. The second-order valence-electron chi connectivity index (χ2n) is 3.99. The zero-order chi connectivity index (χ0) is 14.8. The largest absolute Gasteiger partial charge is 0.456 e. The van der Waals surface area contributed by atoms with Crippen LogP contribution in [0.15, 0.2) is 46.9 Å². The molecule has 0 heterocycles. The van der Waals surface area contributed by atoms with E-state index in [1.807, 2.05) is 0 Å². The molecule has 2 rings (SSSR count). The van der Waals surface area contributed by atoms with Gasteiger partial charge >= 0.3 is 6.18 Å². The summed E-state index contributed by atoms with van der Waals surface area (Å²) in [5.74, 6) is 0.124. The Labute approximate surface area is 131 Å². The summed E-state index contributed by atoms with van der Waals surface area (Å²) in [7, 11) is 0. The smallest absolute Gasteiger partial charge is 0.419 e. The van der Waals surface area contributed by atoms with E-state index in [0.717, 1.165) is 6.07 Å². The van der Waals surface area contributed by atoms with Crippen LogP contribution in [0.3, 0.4) is 0 Å². The number of rotatable bonds is 3. The summed E-state index contributed by atoms with van der Waals surface area (Å²) in [5.41, 5.74) is -0.248. The van der Waals surface area contributed by atoms with E-state index in [4.69, 9.17) is 4.74 Å². The Kier molecular flexibility index (Phi) is 4.75. The fourth-order valence-electron chi connectivity index (χ4n) is 1.62. The van der Waals surface area contributed by atoms with Crippen molar-refractivity contribution in [3.63, 3.8) is 0 Å². The SMILES string of the molecule is FC(F)(F)c1cc(CBr)ccc1Oc1ccccc1Br. The van der Waals surface area contributed by atoms with Gasteiger partial charge in [0, 0.05) is 5.33 Å². The zero-order valence-electron chi connectivity index (χ0n) is 10.0. The van der Waals surface area contributed by atoms with Crippen molar-refractivity contribution in [1.82, 2.24) is 0 Å². The highest BCUT2D eigenvalue weighted by atomic mass is 79.9. The average molecular weight is 410 g/mol. The van der Waals surface area contributed by atoms with Gasteiger partial charge in [0.05, 0.1) is 10.0 Å². The predicted octanol–water partition coefficient (Wildman–Crippen LogP) is 6.16. The maximum atomic E-state index is 13.1. The van der Waals surface area contributed by atoms with Gasteiger partial charge in [-0.2, -0.15) is 13.2 Å². The molecule has 0 atom stereocenters. The van der Waals surface area contributed by atoms with E-state index in [2.05, 4.69) is 31.9 Å². The van der Waals surface area contributed by atoms with Crippen LogP contribution in [0.2, 0.25) is 0 Å². The lowest BCUT2D eigenvalue weighted by atomic mass is 10.1. The third-order valence-corrected chi connectivity index (χ3v) is 3.86. The van der Waals surface area contributed by atoms with Crippen LogP contribution in [0, 0.1) is 0 Å². The van der Waals surface area contributed by atoms with Crippen LogP contribution in [0.25, 0.3) is 0 Å². The van der Waals surface area contributed by atoms with Gasteiger partial charge in [0.1, 0.15) is 11.5 Å². The molecular weight excluding hydrogens is 401 g/mol. The third-order valence-electron chi connectivity index (χ3n) is 2.56. The molecule has 20 heavy (non-hydrogen) atoms. The van der Waals surface area contributed by atoms with Crippen LogP contribution in [-0.2, 0) is 11.5 Å². The van der Waals surface area contributed by atoms with Crippen molar-refractivity contribution < 1.29 is 17.9 Å². The number of para-hydroxylation sites is 1. The Hall–Kier alpha value is -1.01. The summed E-state index contributed by atoms with van der Waals surface area (Å²) >= 11 is 6.39. The topological polar surface area (TPSA) is 9.23 Å². The number of ether oxygens (including phenoxy) is 1. The first-order valence-electron chi connectivity index (χ1n) is 5.60. The van der Waals surface area contributed by atoms with Gasteiger partial charge in [0.25, 0.3) is 0 Å². The lowest BCUT2D eigenvalue weighted by molar-refractivity contribution is -0.138. The Bertz CT molecular complexity index is 612. The Balaban J connectivity index is 2.44. The van der Waals surface area contributed by atoms with Crippen molar-refractivity contribution in [1.29, 1.82) is 0 Å². The van der Waals surface area contributed by atoms with Gasteiger partial charge in [0.2, 0.25) is 0 Å². The normalized spacial score (nSPS) is 11.4. The molecule has 0 amide bonds. The Morgan fingerprint density at radius 2 is 1.70 bits per heavy atom. The fraction of sp³-hybridized carbons (Fsp3) is 0.143. The van der Waals surface area contributed by atoms with Crippen LogP contribution in [0.4, 0.5) is 13.2 Å². The molecule has 6 heteroatoms. The summed E-state index contributed by atoms with van der Waals surface area (Å²) in [5, 5.41) is 0.353. The minimum absolute atomic E-state index is 0.214. The fourth-order valence-corrected chi connectivity index (χ4v) is 2.33. The highest BCUT2D eigenvalue weighted by Crippen LogP contribution is 2.40. The van der Waals surface area contributed by atoms with Crippen molar-refractivity contribution in [2.24, 2.45) is 0 Å². The molecule has 106 valence electrons. The van der Waals surface area contributed by atoms with Crippen molar-refractivity contribution in [3.8, 4) is 11.5 Å². The van der Waals surface area contributed by atoms with Crippen LogP contribution < -0.4 is 4.74 Å². The van der Waals surface area contributed by atoms with Gasteiger partial charge in [-0.3, -0.25) is 0 Å². The number of hydrogen-bond donors (Lipinski definition) is 0. The lowest BCUT2D eigenvalue weighted by Crippen LogP contribution is -2.08. The molecule has 0 aromatic heterocycles. The first-order chi connectivity index (χ1) is 9.41. The molecule has 1 nitrogen and oxygen atoms in total. The Morgan fingerprint density at radius 3 is 2.30 bits per heavy atom. The van der Waals surface area contributed by atoms with Gasteiger partial charge in [0.15, 0.2) is 0 Å². The Morgan fingerprint density at radius 1 is 1.00 bits per heavy atom. The summed E-state index contributed by atoms with van der Waals surface area (Å²) in [6, 6.07) is 10.8. The van der Waals surface area contributed by atoms with Gasteiger partial charge in [-0.05, 0) is 45.8 Å². The van der Waals surface area contributed by atoms with Crippen molar-refractivity contribution in [2.45, 2.75) is 11.5 Å². The number of hydrogen-bond acceptors (Lipinski definition) is 1. The van der Waals surface area contributed by atoms with E-state index in [1.165, 1.54) is 6.07 Å². The second kappa shape index (κ2) is 6.18. The number of alkyl halides is 4. The minimum Gasteiger partial charge on any atom is -0.456 e. The van der Waals surface area contributed by atoms with Crippen molar-refractivity contribution >= 4 is 31.9 Å². The molecule has 0 N–H and O–H groups in total. The maximum Gasteiger partial charge on any atom is 0.419 e. The summed E-state index contributed by atoms with van der Waals surface area (Å²) in [6.07, 6.45) is -4.46. The van der Waals surface area contributed by atoms with Gasteiger partial charge in [-0.1, -0.05) is 34.1 Å². The highest BCUT2D eigenvalue weighted by Gasteiger charge is 2.34. The molecule has 2 aromatic carbocycles. The van der Waals surface area contributed by atoms with Crippen LogP contribution in [0.5, 0.6) is 11.5 Å². The van der Waals surface area contributed by atoms with Crippen molar-refractivity contribution in [2.75, 3.05) is 0 Å². The van der Waals surface area contributed by atoms with E-state index in [9.17, 15) is 13.2 Å². The molecule has 0 saturated heterocycles. The van der Waals surface area contributed by atoms with E-state index >= 15 is 0 Å². The third kappa shape index (κ3) is 3.55. The second-order valence-corrected chi connectivity index (χ2v) is 5.41. The molecule has 0 fully saturated rings. The molecule has 2 aromatic rings. The molecular formula is C14H9Br2F3O. The van der Waals surface area contributed by atoms with Crippen molar-refractivity contribution in [3.05, 3.63) is 58.1 Å². The maximum absolute atomic E-state index is 13.1. The molecule has 0 radical (unpaired) electrons. The molecule has 0 aliphatic heterocycles. The van der Waals surface area contributed by atoms with Crippen LogP contribution in [-0.4, -0.2) is 0 Å². The summed E-state index contributed by atoms with van der Waals surface area (Å²) in [4.78, 5) is 0. The summed E-state index contributed by atoms with van der Waals surface area (Å²) in [6.45, 7) is 0. The average Bonchev–Trinajstić information content (AvgIpc) is 2.40. The van der Waals surface area contributed by atoms with Gasteiger partial charge < -0.3 is 4.74 Å². The van der Waals surface area contributed by atoms with E-state index in [0.29, 0.717) is 21.1 Å². The molecule has 0 unspecified atom stereocenters. The molecule has 0 spiro atoms. The highest BCUT2D eigenvalue weighted by molar-refractivity contribution is 9.10. The predicted molar refractivity (Wildman–Crippen MR) is 78.3 cm³/mol. The van der Waals surface area contributed by atoms with Crippen LogP contribution in [0.1, 0.15) is 11.1 Å². The first-order valence-corrected chi connectivity index (χ1v) is 7.51. The zero-order valence-corrected chi connectivity index (χ0v) is 13.2. The molecule has 0 aliphatic carbocycles. The van der Waals surface area contributed by atoms with E-state index in [1.54, 1.807) is 30.3 Å².